The molecule has 334 valence electrons. The van der Waals surface area contributed by atoms with E-state index in [0.29, 0.717) is 19.4 Å². The molecular weight excluding hydrogens is 729 g/mol. The molecule has 0 aliphatic carbocycles. The minimum atomic E-state index is -6.00. The van der Waals surface area contributed by atoms with E-state index in [2.05, 4.69) is 51.3 Å². The predicted molar refractivity (Wildman–Crippen MR) is 231 cm³/mol. The van der Waals surface area contributed by atoms with E-state index in [9.17, 15) is 26.9 Å². The number of halogens is 4. The minimum Gasteiger partial charge on any atom is -0.461 e. The van der Waals surface area contributed by atoms with Crippen molar-refractivity contribution >= 4 is 19.2 Å². The number of ether oxygens (including phenoxy) is 2. The zero-order valence-corrected chi connectivity index (χ0v) is 37.4. The van der Waals surface area contributed by atoms with Crippen LogP contribution in [-0.4, -0.2) is 31.9 Å². The zero-order valence-electron chi connectivity index (χ0n) is 37.4. The first-order chi connectivity index (χ1) is 27.4. The number of nitrogens with zero attached hydrogens (tertiary/aromatic N) is 1. The Labute approximate surface area is 347 Å². The van der Waals surface area contributed by atoms with Crippen LogP contribution in [0.5, 0.6) is 0 Å². The minimum absolute atomic E-state index is 0.113. The fraction of sp³-hybridized carbons (Fsp3) is 0.851. The molecule has 5 nitrogen and oxygen atoms in total. The number of pyridine rings is 1. The summed E-state index contributed by atoms with van der Waals surface area (Å²) in [5.41, 5.74) is 3.44. The summed E-state index contributed by atoms with van der Waals surface area (Å²) >= 11 is 0. The summed E-state index contributed by atoms with van der Waals surface area (Å²) in [5.74, 6) is -0.360. The molecule has 1 atom stereocenters. The van der Waals surface area contributed by atoms with Crippen molar-refractivity contribution in [1.29, 1.82) is 0 Å². The molecule has 0 aliphatic rings. The molecule has 0 fully saturated rings. The van der Waals surface area contributed by atoms with Crippen molar-refractivity contribution in [3.05, 3.63) is 29.1 Å². The molecule has 0 spiro atoms. The molecule has 1 rings (SSSR count). The highest BCUT2D eigenvalue weighted by molar-refractivity contribution is 6.50. The lowest BCUT2D eigenvalue weighted by Crippen LogP contribution is -2.48. The normalized spacial score (nSPS) is 11.9. The van der Waals surface area contributed by atoms with Crippen molar-refractivity contribution < 1.29 is 40.9 Å². The highest BCUT2D eigenvalue weighted by Crippen LogP contribution is 2.16. The lowest BCUT2D eigenvalue weighted by molar-refractivity contribution is -0.714. The third-order valence-electron chi connectivity index (χ3n) is 10.8. The number of hydrogen-bond donors (Lipinski definition) is 0. The van der Waals surface area contributed by atoms with Crippen LogP contribution in [0.2, 0.25) is 0 Å². The molecule has 0 saturated heterocycles. The van der Waals surface area contributed by atoms with Crippen molar-refractivity contribution in [2.45, 2.75) is 253 Å². The zero-order chi connectivity index (χ0) is 42.4. The highest BCUT2D eigenvalue weighted by atomic mass is 19.5. The molecule has 0 bridgehead atoms. The summed E-state index contributed by atoms with van der Waals surface area (Å²) in [6, 6.07) is 4.29. The quantitative estimate of drug-likeness (QED) is 0.0221. The molecule has 1 unspecified atom stereocenters. The number of esters is 2. The predicted octanol–water partition coefficient (Wildman–Crippen LogP) is 15.2. The molecule has 0 aliphatic heterocycles. The van der Waals surface area contributed by atoms with E-state index < -0.39 is 13.4 Å². The summed E-state index contributed by atoms with van der Waals surface area (Å²) < 4.78 is 52.8. The van der Waals surface area contributed by atoms with Crippen LogP contribution in [-0.2, 0) is 25.6 Å². The van der Waals surface area contributed by atoms with Gasteiger partial charge in [-0.05, 0) is 25.3 Å². The largest absolute Gasteiger partial charge is 0.673 e. The van der Waals surface area contributed by atoms with Crippen LogP contribution >= 0.6 is 0 Å². The van der Waals surface area contributed by atoms with E-state index in [4.69, 9.17) is 9.47 Å². The first-order valence-corrected chi connectivity index (χ1v) is 23.6. The van der Waals surface area contributed by atoms with Crippen LogP contribution in [0, 0.1) is 20.8 Å². The second kappa shape index (κ2) is 38.1. The number of carbonyl (C=O) groups excluding carboxylic acids is 2. The molecule has 1 aromatic heterocycles. The third-order valence-corrected chi connectivity index (χ3v) is 10.8. The average Bonchev–Trinajstić information content (AvgIpc) is 3.14. The van der Waals surface area contributed by atoms with E-state index >= 15 is 0 Å². The molecule has 10 heteroatoms. The summed E-state index contributed by atoms with van der Waals surface area (Å²) in [6.07, 6.45) is 39.5. The molecule has 57 heavy (non-hydrogen) atoms. The van der Waals surface area contributed by atoms with Crippen LogP contribution in [0.15, 0.2) is 12.1 Å². The Bertz CT molecular complexity index is 1070. The number of aryl methyl sites for hydroxylation is 3. The SMILES string of the molecule is CCCCCCCCCCCCCCCCCC(=O)OCC(C[n+]1c(C)cc(C)cc1C)OC(=O)CCCCCCCCCCCCCCCCC.F[B-](F)(F)F. The van der Waals surface area contributed by atoms with Crippen molar-refractivity contribution in [3.63, 3.8) is 0 Å². The third kappa shape index (κ3) is 39.1. The highest BCUT2D eigenvalue weighted by Gasteiger charge is 2.24. The van der Waals surface area contributed by atoms with Gasteiger partial charge in [0.2, 0.25) is 0 Å². The van der Waals surface area contributed by atoms with Crippen LogP contribution in [0.4, 0.5) is 17.3 Å². The topological polar surface area (TPSA) is 56.5 Å². The van der Waals surface area contributed by atoms with E-state index in [-0.39, 0.29) is 18.5 Å². The standard InChI is InChI=1S/C47H86NO4.BF4/c1-6-8-10-12-14-16-18-20-22-24-26-28-30-32-34-36-46(49)51-41-45(40-48-43(4)38-42(3)39-44(48)5)52-47(50)37-35-33-31-29-27-25-23-21-19-17-15-13-11-9-7-2;2-1(3,4)5/h38-39,45H,6-37,40-41H2,1-5H3;/q+1;-1. The lowest BCUT2D eigenvalue weighted by Gasteiger charge is -2.17. The van der Waals surface area contributed by atoms with E-state index in [1.807, 2.05) is 0 Å². The second-order valence-electron chi connectivity index (χ2n) is 16.6. The van der Waals surface area contributed by atoms with Crippen molar-refractivity contribution in [2.75, 3.05) is 6.61 Å². The number of hydrogen-bond acceptors (Lipinski definition) is 4. The first kappa shape index (κ1) is 54.9. The van der Waals surface area contributed by atoms with Crippen LogP contribution in [0.3, 0.4) is 0 Å². The summed E-state index contributed by atoms with van der Waals surface area (Å²) in [6.45, 7) is 11.4. The maximum Gasteiger partial charge on any atom is 0.673 e. The Hall–Kier alpha value is -2.13. The Morgan fingerprint density at radius 2 is 0.789 bits per heavy atom. The van der Waals surface area contributed by atoms with Crippen molar-refractivity contribution in [1.82, 2.24) is 0 Å². The molecule has 0 saturated carbocycles. The van der Waals surface area contributed by atoms with Gasteiger partial charge in [-0.25, -0.2) is 0 Å². The van der Waals surface area contributed by atoms with Crippen LogP contribution in [0.1, 0.15) is 236 Å². The van der Waals surface area contributed by atoms with Crippen LogP contribution in [0.25, 0.3) is 0 Å². The average molecular weight is 816 g/mol. The lowest BCUT2D eigenvalue weighted by atomic mass is 10.0. The van der Waals surface area contributed by atoms with Gasteiger partial charge in [-0.15, -0.1) is 0 Å². The first-order valence-electron chi connectivity index (χ1n) is 23.6. The fourth-order valence-electron chi connectivity index (χ4n) is 7.53. The maximum absolute atomic E-state index is 12.9. The van der Waals surface area contributed by atoms with E-state index in [1.165, 1.54) is 173 Å². The molecule has 0 N–H and O–H groups in total. The molecule has 0 aromatic carbocycles. The summed E-state index contributed by atoms with van der Waals surface area (Å²) in [4.78, 5) is 25.6. The Morgan fingerprint density at radius 3 is 1.11 bits per heavy atom. The van der Waals surface area contributed by atoms with Gasteiger partial charge in [0.15, 0.2) is 24.0 Å². The fourth-order valence-corrected chi connectivity index (χ4v) is 7.53. The van der Waals surface area contributed by atoms with Gasteiger partial charge in [0.05, 0.1) is 0 Å². The van der Waals surface area contributed by atoms with Gasteiger partial charge in [0.25, 0.3) is 0 Å². The van der Waals surface area contributed by atoms with Crippen LogP contribution < -0.4 is 4.57 Å². The van der Waals surface area contributed by atoms with Gasteiger partial charge in [-0.1, -0.05) is 194 Å². The molecule has 0 amide bonds. The maximum atomic E-state index is 12.9. The monoisotopic (exact) mass is 816 g/mol. The van der Waals surface area contributed by atoms with Gasteiger partial charge in [-0.3, -0.25) is 9.59 Å². The van der Waals surface area contributed by atoms with E-state index in [1.54, 1.807) is 0 Å². The summed E-state index contributed by atoms with van der Waals surface area (Å²) in [5, 5.41) is 0. The molecule has 1 heterocycles. The van der Waals surface area contributed by atoms with Gasteiger partial charge >= 0.3 is 19.2 Å². The summed E-state index contributed by atoms with van der Waals surface area (Å²) in [7, 11) is -6.00. The molecule has 0 radical (unpaired) electrons. The number of rotatable bonds is 37. The Kier molecular flexibility index (Phi) is 36.7. The van der Waals surface area contributed by atoms with Gasteiger partial charge in [0.1, 0.15) is 6.61 Å². The number of carbonyl (C=O) groups is 2. The number of unbranched alkanes of at least 4 members (excludes halogenated alkanes) is 28. The Balaban J connectivity index is 0.00000587. The molecular formula is C47H86BF4NO4. The van der Waals surface area contributed by atoms with Gasteiger partial charge in [0, 0.05) is 38.8 Å². The second-order valence-corrected chi connectivity index (χ2v) is 16.6. The van der Waals surface area contributed by atoms with Crippen molar-refractivity contribution in [3.8, 4) is 0 Å². The van der Waals surface area contributed by atoms with Crippen molar-refractivity contribution in [2.24, 2.45) is 0 Å². The Morgan fingerprint density at radius 1 is 0.509 bits per heavy atom. The van der Waals surface area contributed by atoms with Gasteiger partial charge < -0.3 is 26.7 Å². The smallest absolute Gasteiger partial charge is 0.461 e. The van der Waals surface area contributed by atoms with E-state index in [0.717, 1.165) is 37.1 Å². The van der Waals surface area contributed by atoms with Gasteiger partial charge in [-0.2, -0.15) is 4.57 Å². The molecule has 1 aromatic rings. The number of aromatic nitrogens is 1.